The van der Waals surface area contributed by atoms with Crippen LogP contribution in [0.2, 0.25) is 0 Å². The smallest absolute Gasteiger partial charge is 0.220 e. The van der Waals surface area contributed by atoms with E-state index in [1.54, 1.807) is 6.08 Å². The van der Waals surface area contributed by atoms with E-state index in [2.05, 4.69) is 19.2 Å². The summed E-state index contributed by atoms with van der Waals surface area (Å²) < 4.78 is 0. The highest BCUT2D eigenvalue weighted by atomic mass is 16.3. The molecule has 0 radical (unpaired) electrons. The lowest BCUT2D eigenvalue weighted by molar-refractivity contribution is -0.122. The van der Waals surface area contributed by atoms with Crippen molar-refractivity contribution in [2.45, 2.75) is 96.6 Å². The third-order valence-corrected chi connectivity index (χ3v) is 4.01. The molecule has 0 aliphatic carbocycles. The summed E-state index contributed by atoms with van der Waals surface area (Å²) in [7, 11) is 0. The maximum atomic E-state index is 11.9. The van der Waals surface area contributed by atoms with Crippen LogP contribution in [-0.2, 0) is 4.79 Å². The van der Waals surface area contributed by atoms with Gasteiger partial charge in [-0.25, -0.2) is 0 Å². The zero-order valence-electron chi connectivity index (χ0n) is 15.1. The largest absolute Gasteiger partial charge is 0.396 e. The first-order valence-corrected chi connectivity index (χ1v) is 9.40. The number of unbranched alkanes of at least 4 members (excludes halogenated alkanes) is 7. The van der Waals surface area contributed by atoms with Gasteiger partial charge in [0.2, 0.25) is 5.91 Å². The second kappa shape index (κ2) is 16.0. The summed E-state index contributed by atoms with van der Waals surface area (Å²) in [6.07, 6.45) is 14.0. The fraction of sp³-hybridized carbons (Fsp3) is 0.842. The van der Waals surface area contributed by atoms with Crippen LogP contribution in [0.4, 0.5) is 0 Å². The molecule has 2 atom stereocenters. The number of rotatable bonds is 15. The minimum absolute atomic E-state index is 0.0380. The Morgan fingerprint density at radius 2 is 1.70 bits per heavy atom. The molecule has 0 aromatic rings. The Balaban J connectivity index is 4.07. The molecule has 0 aliphatic heterocycles. The van der Waals surface area contributed by atoms with E-state index >= 15 is 0 Å². The molecule has 0 rings (SSSR count). The number of amides is 1. The maximum Gasteiger partial charge on any atom is 0.220 e. The number of carbonyl (C=O) groups excluding carboxylic acids is 1. The van der Waals surface area contributed by atoms with Gasteiger partial charge in [-0.2, -0.15) is 0 Å². The number of aliphatic hydroxyl groups excluding tert-OH is 2. The minimum atomic E-state index is -0.729. The van der Waals surface area contributed by atoms with Crippen LogP contribution in [0, 0.1) is 0 Å². The van der Waals surface area contributed by atoms with Gasteiger partial charge in [-0.15, -0.1) is 0 Å². The molecule has 4 nitrogen and oxygen atoms in total. The van der Waals surface area contributed by atoms with Crippen LogP contribution in [-0.4, -0.2) is 34.9 Å². The van der Waals surface area contributed by atoms with Gasteiger partial charge in [0.1, 0.15) is 0 Å². The molecule has 0 bridgehead atoms. The van der Waals surface area contributed by atoms with Crippen LogP contribution in [0.1, 0.15) is 84.5 Å². The Kier molecular flexibility index (Phi) is 15.4. The molecule has 0 saturated carbocycles. The molecule has 0 aromatic heterocycles. The summed E-state index contributed by atoms with van der Waals surface area (Å²) in [5.74, 6) is -0.0380. The molecular weight excluding hydrogens is 290 g/mol. The van der Waals surface area contributed by atoms with Gasteiger partial charge in [0, 0.05) is 13.0 Å². The molecule has 0 fully saturated rings. The van der Waals surface area contributed by atoms with Crippen molar-refractivity contribution in [1.82, 2.24) is 5.32 Å². The molecule has 3 N–H and O–H groups in total. The van der Waals surface area contributed by atoms with Gasteiger partial charge in [-0.05, 0) is 25.7 Å². The Bertz CT molecular complexity index is 305. The Morgan fingerprint density at radius 1 is 1.04 bits per heavy atom. The monoisotopic (exact) mass is 327 g/mol. The van der Waals surface area contributed by atoms with E-state index in [0.717, 1.165) is 32.1 Å². The van der Waals surface area contributed by atoms with Gasteiger partial charge >= 0.3 is 0 Å². The minimum Gasteiger partial charge on any atom is -0.396 e. The molecule has 4 heteroatoms. The van der Waals surface area contributed by atoms with E-state index in [1.807, 2.05) is 6.08 Å². The Hall–Kier alpha value is -0.870. The molecule has 0 heterocycles. The highest BCUT2D eigenvalue weighted by Gasteiger charge is 2.18. The topological polar surface area (TPSA) is 69.6 Å². The fourth-order valence-corrected chi connectivity index (χ4v) is 2.52. The number of carbonyl (C=O) groups is 1. The molecule has 0 unspecified atom stereocenters. The summed E-state index contributed by atoms with van der Waals surface area (Å²) in [6.45, 7) is 4.26. The van der Waals surface area contributed by atoms with Crippen molar-refractivity contribution >= 4 is 5.91 Å². The van der Waals surface area contributed by atoms with Crippen molar-refractivity contribution in [2.24, 2.45) is 0 Å². The molecule has 23 heavy (non-hydrogen) atoms. The molecule has 0 spiro atoms. The van der Waals surface area contributed by atoms with Crippen LogP contribution < -0.4 is 5.32 Å². The van der Waals surface area contributed by atoms with Gasteiger partial charge < -0.3 is 15.5 Å². The zero-order valence-corrected chi connectivity index (χ0v) is 15.1. The number of aliphatic hydroxyl groups is 2. The molecule has 0 saturated heterocycles. The Labute approximate surface area is 142 Å². The number of hydrogen-bond acceptors (Lipinski definition) is 3. The van der Waals surface area contributed by atoms with Gasteiger partial charge in [-0.3, -0.25) is 4.79 Å². The third kappa shape index (κ3) is 13.3. The Morgan fingerprint density at radius 3 is 2.35 bits per heavy atom. The average Bonchev–Trinajstić information content (AvgIpc) is 2.53. The number of allylic oxidation sites excluding steroid dienone is 1. The molecular formula is C19H37NO3. The first kappa shape index (κ1) is 22.1. The van der Waals surface area contributed by atoms with Crippen LogP contribution in [0.3, 0.4) is 0 Å². The standard InChI is InChI=1S/C19H37NO3/c1-3-5-7-8-9-10-12-13-18(22)17(15-16-21)20-19(23)14-11-6-4-2/h12-13,17-18,21-22H,3-11,14-16H2,1-2H3,(H,20,23)/b13-12+/t17-,18+/m0/s1. The summed E-state index contributed by atoms with van der Waals surface area (Å²) in [4.78, 5) is 11.9. The highest BCUT2D eigenvalue weighted by molar-refractivity contribution is 5.76. The first-order valence-electron chi connectivity index (χ1n) is 9.40. The lowest BCUT2D eigenvalue weighted by Crippen LogP contribution is -2.43. The van der Waals surface area contributed by atoms with Gasteiger partial charge in [0.15, 0.2) is 0 Å². The van der Waals surface area contributed by atoms with Crippen LogP contribution in [0.15, 0.2) is 12.2 Å². The first-order chi connectivity index (χ1) is 11.2. The highest BCUT2D eigenvalue weighted by Crippen LogP contribution is 2.08. The van der Waals surface area contributed by atoms with Gasteiger partial charge in [0.05, 0.1) is 12.1 Å². The van der Waals surface area contributed by atoms with E-state index in [-0.39, 0.29) is 12.5 Å². The lowest BCUT2D eigenvalue weighted by Gasteiger charge is -2.21. The van der Waals surface area contributed by atoms with Crippen molar-refractivity contribution in [3.8, 4) is 0 Å². The zero-order chi connectivity index (χ0) is 17.3. The van der Waals surface area contributed by atoms with Crippen molar-refractivity contribution < 1.29 is 15.0 Å². The fourth-order valence-electron chi connectivity index (χ4n) is 2.52. The van der Waals surface area contributed by atoms with Crippen molar-refractivity contribution in [3.63, 3.8) is 0 Å². The second-order valence-corrected chi connectivity index (χ2v) is 6.27. The molecule has 0 aliphatic rings. The van der Waals surface area contributed by atoms with E-state index in [1.165, 1.54) is 25.7 Å². The van der Waals surface area contributed by atoms with Crippen molar-refractivity contribution in [3.05, 3.63) is 12.2 Å². The lowest BCUT2D eigenvalue weighted by atomic mass is 10.1. The van der Waals surface area contributed by atoms with E-state index < -0.39 is 12.1 Å². The summed E-state index contributed by atoms with van der Waals surface area (Å²) >= 11 is 0. The summed E-state index contributed by atoms with van der Waals surface area (Å²) in [5, 5.41) is 22.2. The normalized spacial score (nSPS) is 14.1. The van der Waals surface area contributed by atoms with E-state index in [0.29, 0.717) is 12.8 Å². The van der Waals surface area contributed by atoms with Gasteiger partial charge in [0.25, 0.3) is 0 Å². The van der Waals surface area contributed by atoms with E-state index in [4.69, 9.17) is 5.11 Å². The predicted molar refractivity (Wildman–Crippen MR) is 96.3 cm³/mol. The van der Waals surface area contributed by atoms with Crippen molar-refractivity contribution in [2.75, 3.05) is 6.61 Å². The molecule has 136 valence electrons. The van der Waals surface area contributed by atoms with Crippen LogP contribution in [0.25, 0.3) is 0 Å². The van der Waals surface area contributed by atoms with Crippen LogP contribution >= 0.6 is 0 Å². The quantitative estimate of drug-likeness (QED) is 0.317. The third-order valence-electron chi connectivity index (χ3n) is 4.01. The van der Waals surface area contributed by atoms with E-state index in [9.17, 15) is 9.90 Å². The van der Waals surface area contributed by atoms with Crippen molar-refractivity contribution in [1.29, 1.82) is 0 Å². The second-order valence-electron chi connectivity index (χ2n) is 6.27. The number of nitrogens with one attached hydrogen (secondary N) is 1. The number of hydrogen-bond donors (Lipinski definition) is 3. The predicted octanol–water partition coefficient (Wildman–Crippen LogP) is 3.71. The average molecular weight is 328 g/mol. The summed E-state index contributed by atoms with van der Waals surface area (Å²) in [6, 6.07) is -0.398. The molecule has 1 amide bonds. The SMILES string of the molecule is CCCCCCC/C=C/[C@@H](O)[C@H](CCO)NC(=O)CCCCC. The van der Waals surface area contributed by atoms with Gasteiger partial charge in [-0.1, -0.05) is 64.5 Å². The maximum absolute atomic E-state index is 11.9. The molecule has 0 aromatic carbocycles. The van der Waals surface area contributed by atoms with Crippen LogP contribution in [0.5, 0.6) is 0 Å². The summed E-state index contributed by atoms with van der Waals surface area (Å²) in [5.41, 5.74) is 0.